The van der Waals surface area contributed by atoms with Crippen LogP contribution in [-0.4, -0.2) is 50.9 Å². The van der Waals surface area contributed by atoms with E-state index in [2.05, 4.69) is 10.6 Å². The second-order valence-corrected chi connectivity index (χ2v) is 9.16. The number of benzene rings is 1. The van der Waals surface area contributed by atoms with E-state index in [1.807, 2.05) is 26.0 Å². The van der Waals surface area contributed by atoms with Gasteiger partial charge in [0.1, 0.15) is 0 Å². The fraction of sp³-hybridized carbons (Fsp3) is 0.650. The first kappa shape index (κ1) is 24.9. The third-order valence-electron chi connectivity index (χ3n) is 4.92. The molecule has 0 aromatic heterocycles. The lowest BCUT2D eigenvalue weighted by molar-refractivity contribution is -0.121. The lowest BCUT2D eigenvalue weighted by Gasteiger charge is -2.20. The Morgan fingerprint density at radius 3 is 2.29 bits per heavy atom. The van der Waals surface area contributed by atoms with Crippen LogP contribution in [0.4, 0.5) is 0 Å². The Balaban J connectivity index is 0.00000392. The molecule has 1 aromatic carbocycles. The molecule has 1 atom stereocenters. The first-order chi connectivity index (χ1) is 12.9. The van der Waals surface area contributed by atoms with E-state index in [9.17, 15) is 13.2 Å². The molecule has 0 aliphatic carbocycles. The number of sulfonamides is 1. The SMILES string of the molecule is CCN[C@H](C)CNC(=O)CCc1ccc(S(=O)(=O)N2CCCCCC2)cc1.Cl. The molecule has 1 heterocycles. The van der Waals surface area contributed by atoms with Gasteiger partial charge in [0.2, 0.25) is 15.9 Å². The summed E-state index contributed by atoms with van der Waals surface area (Å²) in [5, 5.41) is 6.17. The van der Waals surface area contributed by atoms with Crippen molar-refractivity contribution < 1.29 is 13.2 Å². The summed E-state index contributed by atoms with van der Waals surface area (Å²) in [5.74, 6) is 0.0148. The van der Waals surface area contributed by atoms with Gasteiger partial charge in [-0.3, -0.25) is 4.79 Å². The minimum Gasteiger partial charge on any atom is -0.355 e. The van der Waals surface area contributed by atoms with Gasteiger partial charge in [-0.25, -0.2) is 8.42 Å². The molecule has 1 amide bonds. The molecule has 2 rings (SSSR count). The summed E-state index contributed by atoms with van der Waals surface area (Å²) in [6.07, 6.45) is 5.06. The Labute approximate surface area is 175 Å². The van der Waals surface area contributed by atoms with Gasteiger partial charge in [0.15, 0.2) is 0 Å². The summed E-state index contributed by atoms with van der Waals surface area (Å²) in [5.41, 5.74) is 0.972. The number of rotatable bonds is 9. The second kappa shape index (κ2) is 12.4. The molecule has 0 unspecified atom stereocenters. The average molecular weight is 432 g/mol. The van der Waals surface area contributed by atoms with E-state index >= 15 is 0 Å². The quantitative estimate of drug-likeness (QED) is 0.630. The lowest BCUT2D eigenvalue weighted by atomic mass is 10.1. The monoisotopic (exact) mass is 431 g/mol. The predicted octanol–water partition coefficient (Wildman–Crippen LogP) is 2.72. The number of aryl methyl sites for hydroxylation is 1. The van der Waals surface area contributed by atoms with Crippen molar-refractivity contribution in [3.8, 4) is 0 Å². The first-order valence-corrected chi connectivity index (χ1v) is 11.5. The van der Waals surface area contributed by atoms with E-state index in [0.717, 1.165) is 37.8 Å². The van der Waals surface area contributed by atoms with Crippen LogP contribution in [0.25, 0.3) is 0 Å². The molecule has 1 aliphatic heterocycles. The fourth-order valence-corrected chi connectivity index (χ4v) is 4.81. The van der Waals surface area contributed by atoms with Crippen LogP contribution in [0.2, 0.25) is 0 Å². The summed E-state index contributed by atoms with van der Waals surface area (Å²) in [6.45, 7) is 6.77. The van der Waals surface area contributed by atoms with Crippen LogP contribution in [0.1, 0.15) is 51.5 Å². The molecule has 28 heavy (non-hydrogen) atoms. The van der Waals surface area contributed by atoms with Crippen molar-refractivity contribution in [3.63, 3.8) is 0 Å². The third kappa shape index (κ3) is 7.70. The van der Waals surface area contributed by atoms with E-state index in [4.69, 9.17) is 0 Å². The molecule has 0 radical (unpaired) electrons. The maximum Gasteiger partial charge on any atom is 0.243 e. The molecule has 1 fully saturated rings. The van der Waals surface area contributed by atoms with Crippen molar-refractivity contribution >= 4 is 28.3 Å². The minimum absolute atomic E-state index is 0. The van der Waals surface area contributed by atoms with Crippen molar-refractivity contribution in [2.75, 3.05) is 26.2 Å². The van der Waals surface area contributed by atoms with E-state index < -0.39 is 10.0 Å². The molecule has 0 bridgehead atoms. The molecule has 0 saturated carbocycles. The summed E-state index contributed by atoms with van der Waals surface area (Å²) in [4.78, 5) is 12.3. The molecular weight excluding hydrogens is 398 g/mol. The van der Waals surface area contributed by atoms with Crippen molar-refractivity contribution in [2.24, 2.45) is 0 Å². The third-order valence-corrected chi connectivity index (χ3v) is 6.84. The van der Waals surface area contributed by atoms with Crippen LogP contribution < -0.4 is 10.6 Å². The summed E-state index contributed by atoms with van der Waals surface area (Å²) < 4.78 is 27.2. The zero-order valence-electron chi connectivity index (χ0n) is 16.9. The van der Waals surface area contributed by atoms with Gasteiger partial charge in [0.25, 0.3) is 0 Å². The number of hydrogen-bond donors (Lipinski definition) is 2. The molecule has 1 aliphatic rings. The maximum atomic E-state index is 12.8. The summed E-state index contributed by atoms with van der Waals surface area (Å²) in [7, 11) is -3.41. The molecule has 160 valence electrons. The van der Waals surface area contributed by atoms with Gasteiger partial charge in [0.05, 0.1) is 4.90 Å². The second-order valence-electron chi connectivity index (χ2n) is 7.23. The number of amides is 1. The highest BCUT2D eigenvalue weighted by molar-refractivity contribution is 7.89. The van der Waals surface area contributed by atoms with Gasteiger partial charge in [-0.2, -0.15) is 4.31 Å². The van der Waals surface area contributed by atoms with Gasteiger partial charge in [-0.05, 0) is 50.4 Å². The van der Waals surface area contributed by atoms with Gasteiger partial charge in [-0.15, -0.1) is 12.4 Å². The summed E-state index contributed by atoms with van der Waals surface area (Å²) >= 11 is 0. The van der Waals surface area contributed by atoms with Crippen LogP contribution in [0.15, 0.2) is 29.2 Å². The zero-order chi connectivity index (χ0) is 19.7. The van der Waals surface area contributed by atoms with Gasteiger partial charge in [0, 0.05) is 32.1 Å². The maximum absolute atomic E-state index is 12.8. The fourth-order valence-electron chi connectivity index (χ4n) is 3.29. The number of hydrogen-bond acceptors (Lipinski definition) is 4. The summed E-state index contributed by atoms with van der Waals surface area (Å²) in [6, 6.07) is 7.22. The van der Waals surface area contributed by atoms with Crippen molar-refractivity contribution in [1.29, 1.82) is 0 Å². The molecule has 6 nitrogen and oxygen atoms in total. The molecule has 2 N–H and O–H groups in total. The van der Waals surface area contributed by atoms with Crippen LogP contribution in [0, 0.1) is 0 Å². The smallest absolute Gasteiger partial charge is 0.243 e. The number of carbonyl (C=O) groups is 1. The van der Waals surface area contributed by atoms with E-state index in [1.54, 1.807) is 16.4 Å². The Morgan fingerprint density at radius 2 is 1.71 bits per heavy atom. The van der Waals surface area contributed by atoms with Crippen LogP contribution >= 0.6 is 12.4 Å². The van der Waals surface area contributed by atoms with E-state index in [1.165, 1.54) is 0 Å². The Morgan fingerprint density at radius 1 is 1.11 bits per heavy atom. The Kier molecular flexibility index (Phi) is 11.0. The largest absolute Gasteiger partial charge is 0.355 e. The van der Waals surface area contributed by atoms with Crippen molar-refractivity contribution in [2.45, 2.75) is 63.3 Å². The number of halogens is 1. The van der Waals surface area contributed by atoms with E-state index in [-0.39, 0.29) is 24.4 Å². The Hall–Kier alpha value is -1.15. The normalized spacial score (nSPS) is 16.6. The van der Waals surface area contributed by atoms with Crippen LogP contribution in [0.3, 0.4) is 0 Å². The number of likely N-dealkylation sites (N-methyl/N-ethyl adjacent to an activating group) is 1. The highest BCUT2D eigenvalue weighted by Gasteiger charge is 2.24. The molecule has 0 spiro atoms. The predicted molar refractivity (Wildman–Crippen MR) is 115 cm³/mol. The highest BCUT2D eigenvalue weighted by atomic mass is 35.5. The average Bonchev–Trinajstić information content (AvgIpc) is 2.95. The standard InChI is InChI=1S/C20H33N3O3S.ClH/c1-3-21-17(2)16-22-20(24)13-10-18-8-11-19(12-9-18)27(25,26)23-14-6-4-5-7-15-23;/h8-9,11-12,17,21H,3-7,10,13-16H2,1-2H3,(H,22,24);1H/t17-;/m1./s1. The molecule has 1 aromatic rings. The van der Waals surface area contributed by atoms with Gasteiger partial charge < -0.3 is 10.6 Å². The molecule has 1 saturated heterocycles. The highest BCUT2D eigenvalue weighted by Crippen LogP contribution is 2.21. The lowest BCUT2D eigenvalue weighted by Crippen LogP contribution is -2.38. The van der Waals surface area contributed by atoms with Crippen molar-refractivity contribution in [1.82, 2.24) is 14.9 Å². The Bertz CT molecular complexity index is 687. The number of nitrogens with one attached hydrogen (secondary N) is 2. The molecule has 8 heteroatoms. The first-order valence-electron chi connectivity index (χ1n) is 10.0. The van der Waals surface area contributed by atoms with Gasteiger partial charge >= 0.3 is 0 Å². The van der Waals surface area contributed by atoms with Gasteiger partial charge in [-0.1, -0.05) is 31.9 Å². The van der Waals surface area contributed by atoms with E-state index in [0.29, 0.717) is 37.4 Å². The molecular formula is C20H34ClN3O3S. The minimum atomic E-state index is -3.41. The zero-order valence-corrected chi connectivity index (χ0v) is 18.6. The van der Waals surface area contributed by atoms with Crippen LogP contribution in [0.5, 0.6) is 0 Å². The van der Waals surface area contributed by atoms with Crippen molar-refractivity contribution in [3.05, 3.63) is 29.8 Å². The topological polar surface area (TPSA) is 78.5 Å². The number of carbonyl (C=O) groups excluding carboxylic acids is 1. The van der Waals surface area contributed by atoms with Crippen LogP contribution in [-0.2, 0) is 21.2 Å². The number of nitrogens with zero attached hydrogens (tertiary/aromatic N) is 1.